The number of aromatic nitrogens is 1. The van der Waals surface area contributed by atoms with E-state index in [0.29, 0.717) is 6.54 Å². The van der Waals surface area contributed by atoms with E-state index in [0.717, 1.165) is 24.2 Å². The highest BCUT2D eigenvalue weighted by Crippen LogP contribution is 2.22. The molecule has 0 spiro atoms. The van der Waals surface area contributed by atoms with Crippen LogP contribution in [0.15, 0.2) is 48.7 Å². The Morgan fingerprint density at radius 2 is 1.81 bits per heavy atom. The number of ether oxygens (including phenoxy) is 1. The molecule has 0 saturated heterocycles. The van der Waals surface area contributed by atoms with Gasteiger partial charge in [0.05, 0.1) is 0 Å². The Morgan fingerprint density at radius 1 is 1.05 bits per heavy atom. The minimum absolute atomic E-state index is 0.209. The van der Waals surface area contributed by atoms with E-state index in [-0.39, 0.29) is 5.75 Å². The summed E-state index contributed by atoms with van der Waals surface area (Å²) in [6.07, 6.45) is -2.10. The van der Waals surface area contributed by atoms with E-state index in [1.807, 2.05) is 18.2 Å². The van der Waals surface area contributed by atoms with Gasteiger partial charge in [0.25, 0.3) is 0 Å². The first-order valence-corrected chi connectivity index (χ1v) is 6.48. The average Bonchev–Trinajstić information content (AvgIpc) is 2.45. The number of halogens is 3. The van der Waals surface area contributed by atoms with Gasteiger partial charge in [0.15, 0.2) is 0 Å². The number of benzene rings is 1. The highest BCUT2D eigenvalue weighted by Gasteiger charge is 2.30. The van der Waals surface area contributed by atoms with E-state index in [4.69, 9.17) is 0 Å². The summed E-state index contributed by atoms with van der Waals surface area (Å²) in [5.74, 6) is -0.209. The molecule has 6 heteroatoms. The monoisotopic (exact) mass is 296 g/mol. The van der Waals surface area contributed by atoms with Crippen molar-refractivity contribution in [1.82, 2.24) is 10.3 Å². The zero-order valence-electron chi connectivity index (χ0n) is 11.2. The second-order valence-electron chi connectivity index (χ2n) is 4.44. The fourth-order valence-corrected chi connectivity index (χ4v) is 1.80. The Balaban J connectivity index is 1.74. The third-order valence-corrected chi connectivity index (χ3v) is 2.77. The zero-order valence-corrected chi connectivity index (χ0v) is 11.2. The van der Waals surface area contributed by atoms with Gasteiger partial charge in [0.2, 0.25) is 0 Å². The van der Waals surface area contributed by atoms with Gasteiger partial charge < -0.3 is 10.1 Å². The molecule has 2 aromatic rings. The van der Waals surface area contributed by atoms with Gasteiger partial charge in [0.1, 0.15) is 5.75 Å². The Labute approximate surface area is 120 Å². The zero-order chi connectivity index (χ0) is 15.1. The molecule has 0 bridgehead atoms. The summed E-state index contributed by atoms with van der Waals surface area (Å²) in [4.78, 5) is 4.21. The van der Waals surface area contributed by atoms with Crippen LogP contribution in [0.25, 0.3) is 0 Å². The molecule has 0 atom stereocenters. The maximum Gasteiger partial charge on any atom is 0.573 e. The Kier molecular flexibility index (Phi) is 5.16. The standard InChI is InChI=1S/C15H15F3N2O/c16-15(17,18)21-14-6-4-12(5-7-14)11-19-10-8-13-3-1-2-9-20-13/h1-7,9,19H,8,10-11H2. The van der Waals surface area contributed by atoms with Gasteiger partial charge in [-0.1, -0.05) is 18.2 Å². The molecule has 21 heavy (non-hydrogen) atoms. The summed E-state index contributed by atoms with van der Waals surface area (Å²) in [6, 6.07) is 11.6. The Hall–Kier alpha value is -2.08. The van der Waals surface area contributed by atoms with E-state index in [1.54, 1.807) is 18.3 Å². The predicted molar refractivity (Wildman–Crippen MR) is 72.8 cm³/mol. The van der Waals surface area contributed by atoms with Crippen molar-refractivity contribution in [3.63, 3.8) is 0 Å². The SMILES string of the molecule is FC(F)(F)Oc1ccc(CNCCc2ccccn2)cc1. The van der Waals surface area contributed by atoms with E-state index in [1.165, 1.54) is 12.1 Å². The van der Waals surface area contributed by atoms with E-state index < -0.39 is 6.36 Å². The lowest BCUT2D eigenvalue weighted by Gasteiger charge is -2.09. The molecule has 1 heterocycles. The summed E-state index contributed by atoms with van der Waals surface area (Å²) in [5.41, 5.74) is 1.89. The maximum absolute atomic E-state index is 12.0. The average molecular weight is 296 g/mol. The first kappa shape index (κ1) is 15.3. The smallest absolute Gasteiger partial charge is 0.406 e. The molecule has 1 aromatic carbocycles. The van der Waals surface area contributed by atoms with Crippen LogP contribution in [0.2, 0.25) is 0 Å². The molecule has 0 aliphatic rings. The van der Waals surface area contributed by atoms with Gasteiger partial charge in [-0.05, 0) is 29.8 Å². The molecule has 2 rings (SSSR count). The van der Waals surface area contributed by atoms with Gasteiger partial charge in [-0.3, -0.25) is 4.98 Å². The molecular formula is C15H15F3N2O. The first-order chi connectivity index (χ1) is 10.0. The normalized spacial score (nSPS) is 11.4. The van der Waals surface area contributed by atoms with Crippen molar-refractivity contribution in [1.29, 1.82) is 0 Å². The van der Waals surface area contributed by atoms with Crippen LogP contribution in [0.4, 0.5) is 13.2 Å². The highest BCUT2D eigenvalue weighted by atomic mass is 19.4. The third kappa shape index (κ3) is 5.83. The minimum atomic E-state index is -4.65. The fraction of sp³-hybridized carbons (Fsp3) is 0.267. The van der Waals surface area contributed by atoms with Crippen molar-refractivity contribution in [2.24, 2.45) is 0 Å². The van der Waals surface area contributed by atoms with E-state index in [9.17, 15) is 13.2 Å². The molecule has 0 amide bonds. The third-order valence-electron chi connectivity index (χ3n) is 2.77. The van der Waals surface area contributed by atoms with Gasteiger partial charge in [-0.15, -0.1) is 13.2 Å². The number of nitrogens with zero attached hydrogens (tertiary/aromatic N) is 1. The van der Waals surface area contributed by atoms with E-state index in [2.05, 4.69) is 15.0 Å². The summed E-state index contributed by atoms with van der Waals surface area (Å²) in [6.45, 7) is 1.33. The number of hydrogen-bond acceptors (Lipinski definition) is 3. The Morgan fingerprint density at radius 3 is 2.43 bits per heavy atom. The first-order valence-electron chi connectivity index (χ1n) is 6.48. The minimum Gasteiger partial charge on any atom is -0.406 e. The lowest BCUT2D eigenvalue weighted by atomic mass is 10.2. The van der Waals surface area contributed by atoms with Crippen LogP contribution in [0.1, 0.15) is 11.3 Å². The van der Waals surface area contributed by atoms with Crippen molar-refractivity contribution in [2.45, 2.75) is 19.3 Å². The maximum atomic E-state index is 12.0. The van der Waals surface area contributed by atoms with Crippen LogP contribution in [-0.4, -0.2) is 17.9 Å². The largest absolute Gasteiger partial charge is 0.573 e. The predicted octanol–water partition coefficient (Wildman–Crippen LogP) is 3.31. The molecule has 0 radical (unpaired) electrons. The van der Waals surface area contributed by atoms with Crippen molar-refractivity contribution in [3.8, 4) is 5.75 Å². The number of pyridine rings is 1. The van der Waals surface area contributed by atoms with Crippen LogP contribution >= 0.6 is 0 Å². The summed E-state index contributed by atoms with van der Waals surface area (Å²) >= 11 is 0. The second kappa shape index (κ2) is 7.08. The number of nitrogens with one attached hydrogen (secondary N) is 1. The number of hydrogen-bond donors (Lipinski definition) is 1. The van der Waals surface area contributed by atoms with Crippen LogP contribution in [-0.2, 0) is 13.0 Å². The quantitative estimate of drug-likeness (QED) is 0.830. The van der Waals surface area contributed by atoms with Crippen molar-refractivity contribution in [3.05, 3.63) is 59.9 Å². The van der Waals surface area contributed by atoms with Crippen LogP contribution in [0.3, 0.4) is 0 Å². The lowest BCUT2D eigenvalue weighted by molar-refractivity contribution is -0.274. The van der Waals surface area contributed by atoms with Crippen LogP contribution < -0.4 is 10.1 Å². The van der Waals surface area contributed by atoms with Crippen LogP contribution in [0.5, 0.6) is 5.75 Å². The number of rotatable bonds is 6. The summed E-state index contributed by atoms with van der Waals surface area (Å²) < 4.78 is 39.8. The summed E-state index contributed by atoms with van der Waals surface area (Å²) in [5, 5.41) is 3.21. The Bertz CT molecular complexity index is 541. The molecule has 1 N–H and O–H groups in total. The molecule has 3 nitrogen and oxygen atoms in total. The van der Waals surface area contributed by atoms with Gasteiger partial charge in [0, 0.05) is 31.4 Å². The molecule has 0 saturated carbocycles. The second-order valence-corrected chi connectivity index (χ2v) is 4.44. The lowest BCUT2D eigenvalue weighted by Crippen LogP contribution is -2.18. The number of alkyl halides is 3. The summed E-state index contributed by atoms with van der Waals surface area (Å²) in [7, 11) is 0. The van der Waals surface area contributed by atoms with Crippen molar-refractivity contribution < 1.29 is 17.9 Å². The van der Waals surface area contributed by atoms with Crippen LogP contribution in [0, 0.1) is 0 Å². The fourth-order valence-electron chi connectivity index (χ4n) is 1.80. The highest BCUT2D eigenvalue weighted by molar-refractivity contribution is 5.27. The molecule has 0 aliphatic carbocycles. The van der Waals surface area contributed by atoms with Gasteiger partial charge in [-0.2, -0.15) is 0 Å². The topological polar surface area (TPSA) is 34.1 Å². The molecule has 0 unspecified atom stereocenters. The molecule has 1 aromatic heterocycles. The van der Waals surface area contributed by atoms with Crippen molar-refractivity contribution >= 4 is 0 Å². The van der Waals surface area contributed by atoms with E-state index >= 15 is 0 Å². The molecule has 0 fully saturated rings. The molecule has 112 valence electrons. The molecular weight excluding hydrogens is 281 g/mol. The van der Waals surface area contributed by atoms with Gasteiger partial charge >= 0.3 is 6.36 Å². The molecule has 0 aliphatic heterocycles. The van der Waals surface area contributed by atoms with Crippen molar-refractivity contribution in [2.75, 3.05) is 6.54 Å². The van der Waals surface area contributed by atoms with Gasteiger partial charge in [-0.25, -0.2) is 0 Å².